The normalized spacial score (nSPS) is 14.4. The van der Waals surface area contributed by atoms with Crippen LogP contribution < -0.4 is 0 Å². The summed E-state index contributed by atoms with van der Waals surface area (Å²) in [5, 5.41) is 18.2. The van der Waals surface area contributed by atoms with Crippen molar-refractivity contribution in [3.8, 4) is 0 Å². The van der Waals surface area contributed by atoms with Crippen molar-refractivity contribution in [2.75, 3.05) is 26.4 Å². The Morgan fingerprint density at radius 1 is 0.638 bits per heavy atom. The summed E-state index contributed by atoms with van der Waals surface area (Å²) in [5.41, 5.74) is 0. The Morgan fingerprint density at radius 2 is 1.15 bits per heavy atom. The molecule has 47 heavy (non-hydrogen) atoms. The summed E-state index contributed by atoms with van der Waals surface area (Å²) in [4.78, 5) is 34.7. The Balaban J connectivity index is 4.42. The number of phosphoric ester groups is 1. The van der Waals surface area contributed by atoms with Crippen LogP contribution in [0.3, 0.4) is 0 Å². The number of rotatable bonds is 34. The van der Waals surface area contributed by atoms with Crippen molar-refractivity contribution in [2.24, 2.45) is 0 Å². The van der Waals surface area contributed by atoms with E-state index in [0.29, 0.717) is 12.8 Å². The third kappa shape index (κ3) is 32.8. The molecule has 0 bridgehead atoms. The number of phosphoric acid groups is 1. The topological polar surface area (TPSA) is 149 Å². The van der Waals surface area contributed by atoms with Crippen molar-refractivity contribution in [3.05, 3.63) is 24.3 Å². The van der Waals surface area contributed by atoms with Gasteiger partial charge < -0.3 is 24.6 Å². The van der Waals surface area contributed by atoms with Crippen LogP contribution in [0.1, 0.15) is 155 Å². The number of esters is 2. The molecule has 3 unspecified atom stereocenters. The minimum atomic E-state index is -4.61. The predicted octanol–water partition coefficient (Wildman–Crippen LogP) is 8.66. The maximum absolute atomic E-state index is 12.5. The molecule has 0 spiro atoms. The summed E-state index contributed by atoms with van der Waals surface area (Å²) in [6, 6.07) is 0. The van der Waals surface area contributed by atoms with E-state index >= 15 is 0 Å². The molecular formula is C36H67O10P. The molecule has 0 saturated carbocycles. The van der Waals surface area contributed by atoms with Crippen LogP contribution in [0.5, 0.6) is 0 Å². The fourth-order valence-electron chi connectivity index (χ4n) is 4.74. The molecule has 0 heterocycles. The van der Waals surface area contributed by atoms with Crippen molar-refractivity contribution in [1.29, 1.82) is 0 Å². The zero-order valence-corrected chi connectivity index (χ0v) is 30.4. The molecular weight excluding hydrogens is 623 g/mol. The molecule has 0 aliphatic heterocycles. The lowest BCUT2D eigenvalue weighted by molar-refractivity contribution is -0.161. The van der Waals surface area contributed by atoms with E-state index in [9.17, 15) is 24.2 Å². The van der Waals surface area contributed by atoms with Gasteiger partial charge in [0.15, 0.2) is 6.10 Å². The van der Waals surface area contributed by atoms with Crippen LogP contribution in [-0.2, 0) is 32.7 Å². The number of hydrogen-bond acceptors (Lipinski definition) is 9. The summed E-state index contributed by atoms with van der Waals surface area (Å²) in [7, 11) is -4.61. The standard InChI is InChI=1S/C36H67O10P/c1-3-5-7-9-11-13-15-16-18-20-22-24-26-28-36(40)46-34(32-45-47(41,42)44-30-33(38)29-37)31-43-35(39)27-25-23-21-19-17-14-12-10-8-6-4-2/h7,9,13,15,33-34,37-38H,3-6,8,10-12,14,16-32H2,1-2H3,(H,41,42)/b9-7-,15-13-. The van der Waals surface area contributed by atoms with E-state index in [4.69, 9.17) is 19.1 Å². The van der Waals surface area contributed by atoms with Crippen LogP contribution in [0.2, 0.25) is 0 Å². The molecule has 0 radical (unpaired) electrons. The van der Waals surface area contributed by atoms with Gasteiger partial charge in [-0.05, 0) is 38.5 Å². The van der Waals surface area contributed by atoms with Gasteiger partial charge in [-0.25, -0.2) is 4.57 Å². The van der Waals surface area contributed by atoms with Crippen molar-refractivity contribution in [2.45, 2.75) is 167 Å². The number of allylic oxidation sites excluding steroid dienone is 4. The molecule has 0 fully saturated rings. The monoisotopic (exact) mass is 690 g/mol. The minimum Gasteiger partial charge on any atom is -0.462 e. The summed E-state index contributed by atoms with van der Waals surface area (Å²) >= 11 is 0. The highest BCUT2D eigenvalue weighted by atomic mass is 31.2. The van der Waals surface area contributed by atoms with E-state index in [-0.39, 0.29) is 19.4 Å². The van der Waals surface area contributed by atoms with Crippen molar-refractivity contribution >= 4 is 19.8 Å². The SMILES string of the molecule is CCC/C=C\C/C=C\CCCCCCCC(=O)OC(COC(=O)CCCCCCCCCCCCC)COP(=O)(O)OCC(O)CO. The van der Waals surface area contributed by atoms with Gasteiger partial charge >= 0.3 is 19.8 Å². The van der Waals surface area contributed by atoms with Crippen LogP contribution in [0.25, 0.3) is 0 Å². The van der Waals surface area contributed by atoms with Crippen LogP contribution >= 0.6 is 7.82 Å². The molecule has 0 aromatic heterocycles. The van der Waals surface area contributed by atoms with Crippen LogP contribution in [0.15, 0.2) is 24.3 Å². The first kappa shape index (κ1) is 45.5. The average molecular weight is 691 g/mol. The lowest BCUT2D eigenvalue weighted by atomic mass is 10.1. The van der Waals surface area contributed by atoms with Gasteiger partial charge in [-0.1, -0.05) is 128 Å². The van der Waals surface area contributed by atoms with Crippen LogP contribution in [0, 0.1) is 0 Å². The molecule has 0 aliphatic rings. The number of aliphatic hydroxyl groups excluding tert-OH is 2. The minimum absolute atomic E-state index is 0.170. The Bertz CT molecular complexity index is 848. The van der Waals surface area contributed by atoms with E-state index in [2.05, 4.69) is 42.7 Å². The van der Waals surface area contributed by atoms with Gasteiger partial charge in [-0.3, -0.25) is 18.6 Å². The molecule has 3 N–H and O–H groups in total. The zero-order valence-electron chi connectivity index (χ0n) is 29.5. The molecule has 0 saturated heterocycles. The zero-order chi connectivity index (χ0) is 34.9. The Kier molecular flexibility index (Phi) is 31.9. The van der Waals surface area contributed by atoms with Crippen molar-refractivity contribution in [3.63, 3.8) is 0 Å². The second-order valence-electron chi connectivity index (χ2n) is 12.3. The molecule has 11 heteroatoms. The number of aliphatic hydroxyl groups is 2. The fraction of sp³-hybridized carbons (Fsp3) is 0.833. The second kappa shape index (κ2) is 33.0. The summed E-state index contributed by atoms with van der Waals surface area (Å²) in [5.74, 6) is -0.942. The summed E-state index contributed by atoms with van der Waals surface area (Å²) in [6.07, 6.45) is 28.6. The van der Waals surface area contributed by atoms with Crippen LogP contribution in [0.4, 0.5) is 0 Å². The molecule has 0 rings (SSSR count). The Labute approximate surface area is 285 Å². The van der Waals surface area contributed by atoms with E-state index in [1.807, 2.05) is 0 Å². The van der Waals surface area contributed by atoms with Gasteiger partial charge in [0.1, 0.15) is 12.7 Å². The van der Waals surface area contributed by atoms with Gasteiger partial charge in [0.25, 0.3) is 0 Å². The molecule has 0 aromatic rings. The first-order valence-electron chi connectivity index (χ1n) is 18.3. The second-order valence-corrected chi connectivity index (χ2v) is 13.7. The highest BCUT2D eigenvalue weighted by molar-refractivity contribution is 7.47. The lowest BCUT2D eigenvalue weighted by Gasteiger charge is -2.20. The number of carbonyl (C=O) groups is 2. The first-order chi connectivity index (χ1) is 22.7. The van der Waals surface area contributed by atoms with Gasteiger partial charge in [-0.15, -0.1) is 0 Å². The maximum atomic E-state index is 12.5. The number of carbonyl (C=O) groups excluding carboxylic acids is 2. The van der Waals surface area contributed by atoms with Crippen molar-refractivity contribution < 1.29 is 47.8 Å². The van der Waals surface area contributed by atoms with Gasteiger partial charge in [0.05, 0.1) is 19.8 Å². The number of unbranched alkanes of at least 4 members (excludes halogenated alkanes) is 16. The largest absolute Gasteiger partial charge is 0.472 e. The predicted molar refractivity (Wildman–Crippen MR) is 187 cm³/mol. The Hall–Kier alpha value is -1.55. The molecule has 10 nitrogen and oxygen atoms in total. The highest BCUT2D eigenvalue weighted by Gasteiger charge is 2.27. The molecule has 0 aliphatic carbocycles. The smallest absolute Gasteiger partial charge is 0.462 e. The average Bonchev–Trinajstić information content (AvgIpc) is 3.05. The van der Waals surface area contributed by atoms with Gasteiger partial charge in [0.2, 0.25) is 0 Å². The highest BCUT2D eigenvalue weighted by Crippen LogP contribution is 2.43. The summed E-state index contributed by atoms with van der Waals surface area (Å²) in [6.45, 7) is 2.27. The third-order valence-corrected chi connectivity index (χ3v) is 8.54. The van der Waals surface area contributed by atoms with Crippen LogP contribution in [-0.4, -0.2) is 65.7 Å². The lowest BCUT2D eigenvalue weighted by Crippen LogP contribution is -2.29. The summed E-state index contributed by atoms with van der Waals surface area (Å²) < 4.78 is 32.5. The quantitative estimate of drug-likeness (QED) is 0.0259. The van der Waals surface area contributed by atoms with Crippen molar-refractivity contribution in [1.82, 2.24) is 0 Å². The van der Waals surface area contributed by atoms with E-state index in [0.717, 1.165) is 64.2 Å². The molecule has 276 valence electrons. The maximum Gasteiger partial charge on any atom is 0.472 e. The molecule has 0 amide bonds. The molecule has 0 aromatic carbocycles. The first-order valence-corrected chi connectivity index (χ1v) is 19.8. The number of hydrogen-bond donors (Lipinski definition) is 3. The van der Waals surface area contributed by atoms with E-state index in [1.165, 1.54) is 51.4 Å². The fourth-order valence-corrected chi connectivity index (χ4v) is 5.52. The molecule has 3 atom stereocenters. The third-order valence-electron chi connectivity index (χ3n) is 7.59. The number of ether oxygens (including phenoxy) is 2. The van der Waals surface area contributed by atoms with Gasteiger partial charge in [-0.2, -0.15) is 0 Å². The van der Waals surface area contributed by atoms with E-state index in [1.54, 1.807) is 0 Å². The van der Waals surface area contributed by atoms with Gasteiger partial charge in [0, 0.05) is 12.8 Å². The Morgan fingerprint density at radius 3 is 1.72 bits per heavy atom. The van der Waals surface area contributed by atoms with E-state index < -0.39 is 51.8 Å².